The molecule has 198 valence electrons. The number of amides is 2. The maximum Gasteiger partial charge on any atom is 0.339 e. The van der Waals surface area contributed by atoms with Crippen molar-refractivity contribution in [2.75, 3.05) is 20.3 Å². The number of carbonyl (C=O) groups is 2. The van der Waals surface area contributed by atoms with E-state index >= 15 is 0 Å². The third-order valence-electron chi connectivity index (χ3n) is 5.93. The van der Waals surface area contributed by atoms with Crippen LogP contribution in [0, 0.1) is 0 Å². The van der Waals surface area contributed by atoms with E-state index in [1.54, 1.807) is 18.2 Å². The summed E-state index contributed by atoms with van der Waals surface area (Å²) in [5.74, 6) is 0.919. The number of fused-ring (bicyclic) bond motifs is 1. The molecule has 8 nitrogen and oxygen atoms in total. The average Bonchev–Trinajstić information content (AvgIpc) is 3.21. The van der Waals surface area contributed by atoms with Crippen LogP contribution < -0.4 is 13.7 Å². The normalized spacial score (nSPS) is 14.7. The number of imide groups is 1. The van der Waals surface area contributed by atoms with E-state index in [0.29, 0.717) is 17.1 Å². The molecule has 0 unspecified atom stereocenters. The molecule has 0 spiro atoms. The van der Waals surface area contributed by atoms with E-state index in [2.05, 4.69) is 0 Å². The van der Waals surface area contributed by atoms with Gasteiger partial charge in [0.2, 0.25) is 0 Å². The minimum atomic E-state index is -4.03. The van der Waals surface area contributed by atoms with Crippen molar-refractivity contribution in [2.24, 2.45) is 0 Å². The van der Waals surface area contributed by atoms with Crippen molar-refractivity contribution in [2.45, 2.75) is 4.90 Å². The lowest BCUT2D eigenvalue weighted by Crippen LogP contribution is -2.32. The second-order valence-electron chi connectivity index (χ2n) is 8.44. The Morgan fingerprint density at radius 3 is 2.28 bits per heavy atom. The molecular weight excluding hydrogens is 538 g/mol. The summed E-state index contributed by atoms with van der Waals surface area (Å²) in [6.45, 7) is 0.273. The second kappa shape index (κ2) is 11.2. The smallest absolute Gasteiger partial charge is 0.339 e. The molecule has 0 atom stereocenters. The lowest BCUT2D eigenvalue weighted by atomic mass is 10.1. The zero-order valence-electron chi connectivity index (χ0n) is 20.8. The molecule has 1 aliphatic rings. The van der Waals surface area contributed by atoms with Gasteiger partial charge in [-0.05, 0) is 71.3 Å². The Kier molecular flexibility index (Phi) is 7.58. The zero-order chi connectivity index (χ0) is 27.4. The fraction of sp³-hybridized carbons (Fsp3) is 0.103. The molecule has 0 aliphatic carbocycles. The highest BCUT2D eigenvalue weighted by atomic mass is 32.2. The van der Waals surface area contributed by atoms with Crippen LogP contribution in [0.4, 0.5) is 4.79 Å². The highest BCUT2D eigenvalue weighted by molar-refractivity contribution is 8.18. The first kappa shape index (κ1) is 26.3. The highest BCUT2D eigenvalue weighted by Gasteiger charge is 2.34. The number of thioether (sulfide) groups is 1. The molecule has 1 aliphatic heterocycles. The summed E-state index contributed by atoms with van der Waals surface area (Å²) < 4.78 is 41.2. The first-order valence-corrected chi connectivity index (χ1v) is 14.1. The molecule has 5 rings (SSSR count). The van der Waals surface area contributed by atoms with Crippen molar-refractivity contribution < 1.29 is 31.7 Å². The maximum atomic E-state index is 12.9. The van der Waals surface area contributed by atoms with Gasteiger partial charge in [-0.25, -0.2) is 0 Å². The summed E-state index contributed by atoms with van der Waals surface area (Å²) >= 11 is 0.846. The Morgan fingerprint density at radius 1 is 0.846 bits per heavy atom. The van der Waals surface area contributed by atoms with Crippen molar-refractivity contribution in [3.63, 3.8) is 0 Å². The third kappa shape index (κ3) is 5.92. The standard InChI is InChI=1S/C29H23NO7S2/c1-35-22-13-15-24(16-14-22)39(33,34)37-23-11-9-20(10-12-23)19-27-28(31)30(29(32)38-27)17-18-36-26-8-4-6-21-5-2-3-7-25(21)26/h2-16,19H,17-18H2,1H3/b27-19-. The molecule has 2 amide bonds. The molecule has 4 aromatic carbocycles. The monoisotopic (exact) mass is 561 g/mol. The van der Waals surface area contributed by atoms with Crippen LogP contribution in [0.15, 0.2) is 101 Å². The summed E-state index contributed by atoms with van der Waals surface area (Å²) in [7, 11) is -2.54. The van der Waals surface area contributed by atoms with Gasteiger partial charge in [-0.1, -0.05) is 48.5 Å². The van der Waals surface area contributed by atoms with Crippen LogP contribution >= 0.6 is 11.8 Å². The summed E-state index contributed by atoms with van der Waals surface area (Å²) in [5.41, 5.74) is 0.613. The van der Waals surface area contributed by atoms with Crippen LogP contribution in [0.25, 0.3) is 16.8 Å². The van der Waals surface area contributed by atoms with Gasteiger partial charge < -0.3 is 13.7 Å². The Bertz CT molecular complexity index is 1660. The molecule has 0 aromatic heterocycles. The Hall–Kier alpha value is -4.28. The second-order valence-corrected chi connectivity index (χ2v) is 11.0. The first-order chi connectivity index (χ1) is 18.8. The number of nitrogens with zero attached hydrogens (tertiary/aromatic N) is 1. The number of benzene rings is 4. The highest BCUT2D eigenvalue weighted by Crippen LogP contribution is 2.33. The summed E-state index contributed by atoms with van der Waals surface area (Å²) in [4.78, 5) is 26.8. The van der Waals surface area contributed by atoms with Gasteiger partial charge in [-0.2, -0.15) is 8.42 Å². The molecule has 39 heavy (non-hydrogen) atoms. The average molecular weight is 562 g/mol. The van der Waals surface area contributed by atoms with Crippen molar-refractivity contribution >= 4 is 49.9 Å². The molecule has 1 fully saturated rings. The van der Waals surface area contributed by atoms with Gasteiger partial charge in [0.1, 0.15) is 28.8 Å². The predicted molar refractivity (Wildman–Crippen MR) is 149 cm³/mol. The zero-order valence-corrected chi connectivity index (χ0v) is 22.4. The number of methoxy groups -OCH3 is 1. The van der Waals surface area contributed by atoms with Crippen LogP contribution in [-0.2, 0) is 14.9 Å². The predicted octanol–water partition coefficient (Wildman–Crippen LogP) is 5.73. The van der Waals surface area contributed by atoms with Crippen LogP contribution in [0.3, 0.4) is 0 Å². The van der Waals surface area contributed by atoms with Gasteiger partial charge in [-0.3, -0.25) is 14.5 Å². The minimum absolute atomic E-state index is 0.00881. The summed E-state index contributed by atoms with van der Waals surface area (Å²) in [5, 5.41) is 1.62. The van der Waals surface area contributed by atoms with E-state index in [9.17, 15) is 18.0 Å². The molecule has 0 saturated carbocycles. The largest absolute Gasteiger partial charge is 0.497 e. The van der Waals surface area contributed by atoms with Crippen molar-refractivity contribution in [3.8, 4) is 17.2 Å². The van der Waals surface area contributed by atoms with E-state index in [1.807, 2.05) is 42.5 Å². The lowest BCUT2D eigenvalue weighted by molar-refractivity contribution is -0.123. The fourth-order valence-corrected chi connectivity index (χ4v) is 5.74. The van der Waals surface area contributed by atoms with Gasteiger partial charge in [0.05, 0.1) is 18.6 Å². The van der Waals surface area contributed by atoms with E-state index in [1.165, 1.54) is 43.5 Å². The number of carbonyl (C=O) groups excluding carboxylic acids is 2. The molecule has 0 radical (unpaired) electrons. The van der Waals surface area contributed by atoms with E-state index in [4.69, 9.17) is 13.7 Å². The molecule has 0 bridgehead atoms. The van der Waals surface area contributed by atoms with Crippen LogP contribution in [0.5, 0.6) is 17.2 Å². The molecule has 4 aromatic rings. The molecule has 0 N–H and O–H groups in total. The number of hydrogen-bond acceptors (Lipinski definition) is 8. The molecule has 10 heteroatoms. The number of ether oxygens (including phenoxy) is 2. The van der Waals surface area contributed by atoms with Gasteiger partial charge >= 0.3 is 10.1 Å². The van der Waals surface area contributed by atoms with Gasteiger partial charge in [0, 0.05) is 5.39 Å². The van der Waals surface area contributed by atoms with Crippen molar-refractivity contribution in [1.82, 2.24) is 4.90 Å². The SMILES string of the molecule is COc1ccc(S(=O)(=O)Oc2ccc(/C=C3\SC(=O)N(CCOc4cccc5ccccc45)C3=O)cc2)cc1. The maximum absolute atomic E-state index is 12.9. The van der Waals surface area contributed by atoms with E-state index in [0.717, 1.165) is 27.4 Å². The third-order valence-corrected chi connectivity index (χ3v) is 8.10. The van der Waals surface area contributed by atoms with Gasteiger partial charge in [0.25, 0.3) is 11.1 Å². The van der Waals surface area contributed by atoms with Crippen LogP contribution in [-0.4, -0.2) is 44.7 Å². The molecule has 1 saturated heterocycles. The first-order valence-electron chi connectivity index (χ1n) is 11.9. The number of hydrogen-bond donors (Lipinski definition) is 0. The minimum Gasteiger partial charge on any atom is -0.497 e. The van der Waals surface area contributed by atoms with Crippen molar-refractivity contribution in [3.05, 3.63) is 101 Å². The summed E-state index contributed by atoms with van der Waals surface area (Å²) in [6, 6.07) is 25.6. The quantitative estimate of drug-likeness (QED) is 0.189. The number of rotatable bonds is 9. The Labute approximate surface area is 229 Å². The fourth-order valence-electron chi connectivity index (χ4n) is 3.95. The van der Waals surface area contributed by atoms with Gasteiger partial charge in [-0.15, -0.1) is 0 Å². The van der Waals surface area contributed by atoms with E-state index < -0.39 is 16.0 Å². The van der Waals surface area contributed by atoms with E-state index in [-0.39, 0.29) is 33.9 Å². The van der Waals surface area contributed by atoms with Crippen LogP contribution in [0.1, 0.15) is 5.56 Å². The Morgan fingerprint density at radius 2 is 1.54 bits per heavy atom. The Balaban J connectivity index is 1.21. The molecular formula is C29H23NO7S2. The summed E-state index contributed by atoms with van der Waals surface area (Å²) in [6.07, 6.45) is 1.58. The topological polar surface area (TPSA) is 99.2 Å². The van der Waals surface area contributed by atoms with Gasteiger partial charge in [0.15, 0.2) is 0 Å². The lowest BCUT2D eigenvalue weighted by Gasteiger charge is -2.14. The molecule has 1 heterocycles. The van der Waals surface area contributed by atoms with Crippen molar-refractivity contribution in [1.29, 1.82) is 0 Å². The van der Waals surface area contributed by atoms with Crippen LogP contribution in [0.2, 0.25) is 0 Å².